The molecule has 2 atom stereocenters. The van der Waals surface area contributed by atoms with E-state index in [0.717, 1.165) is 12.8 Å². The molecule has 2 unspecified atom stereocenters. The van der Waals surface area contributed by atoms with E-state index >= 15 is 0 Å². The Morgan fingerprint density at radius 1 is 1.37 bits per heavy atom. The third-order valence-electron chi connectivity index (χ3n) is 3.94. The Kier molecular flexibility index (Phi) is 4.39. The van der Waals surface area contributed by atoms with Gasteiger partial charge in [-0.05, 0) is 25.7 Å². The molecule has 6 heteroatoms. The summed E-state index contributed by atoms with van der Waals surface area (Å²) in [5, 5.41) is 15.1. The summed E-state index contributed by atoms with van der Waals surface area (Å²) >= 11 is 0. The predicted molar refractivity (Wildman–Crippen MR) is 68.7 cm³/mol. The van der Waals surface area contributed by atoms with Crippen LogP contribution < -0.4 is 5.32 Å². The van der Waals surface area contributed by atoms with E-state index in [-0.39, 0.29) is 24.1 Å². The van der Waals surface area contributed by atoms with Crippen molar-refractivity contribution in [2.24, 2.45) is 11.1 Å². The third kappa shape index (κ3) is 3.45. The molecular weight excluding hydrogens is 248 g/mol. The molecule has 2 rings (SSSR count). The number of aliphatic carboxylic acids is 1. The lowest BCUT2D eigenvalue weighted by Gasteiger charge is -2.28. The molecule has 1 heterocycles. The van der Waals surface area contributed by atoms with Crippen molar-refractivity contribution in [1.29, 1.82) is 0 Å². The molecule has 0 aromatic rings. The van der Waals surface area contributed by atoms with Gasteiger partial charge in [-0.3, -0.25) is 4.79 Å². The summed E-state index contributed by atoms with van der Waals surface area (Å²) in [5.41, 5.74) is -0.0922. The molecule has 1 aliphatic carbocycles. The van der Waals surface area contributed by atoms with Crippen molar-refractivity contribution in [1.82, 2.24) is 5.32 Å². The van der Waals surface area contributed by atoms with Gasteiger partial charge in [-0.25, -0.2) is 4.79 Å². The van der Waals surface area contributed by atoms with Crippen molar-refractivity contribution in [2.45, 2.75) is 57.6 Å². The number of hydrogen-bond donors (Lipinski definition) is 2. The maximum atomic E-state index is 12.0. The first-order valence-electron chi connectivity index (χ1n) is 6.84. The smallest absolute Gasteiger partial charge is 0.353 e. The summed E-state index contributed by atoms with van der Waals surface area (Å²) in [6.45, 7) is 2.00. The highest BCUT2D eigenvalue weighted by molar-refractivity contribution is 6.36. The fourth-order valence-electron chi connectivity index (χ4n) is 2.71. The second kappa shape index (κ2) is 6.04. The van der Waals surface area contributed by atoms with Crippen LogP contribution in [0.15, 0.2) is 5.16 Å². The summed E-state index contributed by atoms with van der Waals surface area (Å²) in [5.74, 6) is -0.882. The SMILES string of the molecule is CC(NC(=O)C1CC(C(=O)O)=NO1)C1CCCCC1. The van der Waals surface area contributed by atoms with Gasteiger partial charge in [0.1, 0.15) is 0 Å². The van der Waals surface area contributed by atoms with E-state index < -0.39 is 12.1 Å². The van der Waals surface area contributed by atoms with Gasteiger partial charge in [0, 0.05) is 12.5 Å². The van der Waals surface area contributed by atoms with Crippen LogP contribution in [0.2, 0.25) is 0 Å². The number of carboxylic acids is 1. The molecule has 0 saturated heterocycles. The first kappa shape index (κ1) is 13.8. The van der Waals surface area contributed by atoms with Gasteiger partial charge in [0.25, 0.3) is 5.91 Å². The molecule has 0 radical (unpaired) electrons. The second-order valence-corrected chi connectivity index (χ2v) is 5.34. The molecule has 2 aliphatic rings. The minimum atomic E-state index is -1.13. The Morgan fingerprint density at radius 2 is 2.05 bits per heavy atom. The van der Waals surface area contributed by atoms with Gasteiger partial charge < -0.3 is 15.3 Å². The molecule has 1 saturated carbocycles. The maximum Gasteiger partial charge on any atom is 0.353 e. The van der Waals surface area contributed by atoms with Crippen molar-refractivity contribution < 1.29 is 19.5 Å². The van der Waals surface area contributed by atoms with Gasteiger partial charge in [0.05, 0.1) is 0 Å². The summed E-state index contributed by atoms with van der Waals surface area (Å²) in [6.07, 6.45) is 5.25. The number of amides is 1. The molecule has 0 bridgehead atoms. The highest BCUT2D eigenvalue weighted by atomic mass is 16.6. The van der Waals surface area contributed by atoms with Crippen LogP contribution in [0, 0.1) is 5.92 Å². The summed E-state index contributed by atoms with van der Waals surface area (Å²) in [7, 11) is 0. The number of carbonyl (C=O) groups is 2. The largest absolute Gasteiger partial charge is 0.477 e. The molecule has 0 spiro atoms. The van der Waals surface area contributed by atoms with E-state index in [1.165, 1.54) is 19.3 Å². The van der Waals surface area contributed by atoms with Crippen LogP contribution in [0.5, 0.6) is 0 Å². The molecule has 19 heavy (non-hydrogen) atoms. The highest BCUT2D eigenvalue weighted by Crippen LogP contribution is 2.26. The summed E-state index contributed by atoms with van der Waals surface area (Å²) in [4.78, 5) is 27.5. The van der Waals surface area contributed by atoms with Crippen LogP contribution in [-0.2, 0) is 14.4 Å². The third-order valence-corrected chi connectivity index (χ3v) is 3.94. The van der Waals surface area contributed by atoms with E-state index in [9.17, 15) is 9.59 Å². The summed E-state index contributed by atoms with van der Waals surface area (Å²) in [6, 6.07) is 0.102. The molecule has 0 aromatic heterocycles. The fourth-order valence-corrected chi connectivity index (χ4v) is 2.71. The van der Waals surface area contributed by atoms with E-state index in [4.69, 9.17) is 9.94 Å². The van der Waals surface area contributed by atoms with Crippen LogP contribution >= 0.6 is 0 Å². The van der Waals surface area contributed by atoms with Crippen LogP contribution in [0.4, 0.5) is 0 Å². The molecule has 0 aromatic carbocycles. The van der Waals surface area contributed by atoms with E-state index in [1.807, 2.05) is 6.92 Å². The van der Waals surface area contributed by atoms with Gasteiger partial charge in [-0.15, -0.1) is 0 Å². The molecule has 1 fully saturated rings. The molecule has 2 N–H and O–H groups in total. The Hall–Kier alpha value is -1.59. The van der Waals surface area contributed by atoms with Gasteiger partial charge in [0.2, 0.25) is 6.10 Å². The Bertz CT molecular complexity index is 388. The fraction of sp³-hybridized carbons (Fsp3) is 0.769. The number of nitrogens with zero attached hydrogens (tertiary/aromatic N) is 1. The highest BCUT2D eigenvalue weighted by Gasteiger charge is 2.33. The molecule has 1 amide bonds. The zero-order chi connectivity index (χ0) is 13.8. The van der Waals surface area contributed by atoms with Crippen molar-refractivity contribution in [2.75, 3.05) is 0 Å². The summed E-state index contributed by atoms with van der Waals surface area (Å²) < 4.78 is 0. The number of carbonyl (C=O) groups excluding carboxylic acids is 1. The van der Waals surface area contributed by atoms with Crippen LogP contribution in [-0.4, -0.2) is 34.8 Å². The Labute approximate surface area is 112 Å². The zero-order valence-corrected chi connectivity index (χ0v) is 11.1. The zero-order valence-electron chi connectivity index (χ0n) is 11.1. The van der Waals surface area contributed by atoms with Crippen molar-refractivity contribution >= 4 is 17.6 Å². The topological polar surface area (TPSA) is 88.0 Å². The maximum absolute atomic E-state index is 12.0. The predicted octanol–water partition coefficient (Wildman–Crippen LogP) is 1.30. The number of rotatable bonds is 4. The van der Waals surface area contributed by atoms with Crippen LogP contribution in [0.3, 0.4) is 0 Å². The Morgan fingerprint density at radius 3 is 2.63 bits per heavy atom. The minimum Gasteiger partial charge on any atom is -0.477 e. The first-order chi connectivity index (χ1) is 9.08. The number of oxime groups is 1. The number of nitrogens with one attached hydrogen (secondary N) is 1. The van der Waals surface area contributed by atoms with E-state index in [1.54, 1.807) is 0 Å². The molecule has 106 valence electrons. The average molecular weight is 268 g/mol. The Balaban J connectivity index is 1.80. The van der Waals surface area contributed by atoms with Crippen molar-refractivity contribution in [3.63, 3.8) is 0 Å². The monoisotopic (exact) mass is 268 g/mol. The number of hydrogen-bond acceptors (Lipinski definition) is 4. The van der Waals surface area contributed by atoms with Crippen LogP contribution in [0.1, 0.15) is 45.4 Å². The lowest BCUT2D eigenvalue weighted by molar-refractivity contribution is -0.132. The average Bonchev–Trinajstić information content (AvgIpc) is 2.89. The minimum absolute atomic E-state index is 0.0402. The normalized spacial score (nSPS) is 25.3. The second-order valence-electron chi connectivity index (χ2n) is 5.34. The standard InChI is InChI=1S/C13H20N2O4/c1-8(9-5-3-2-4-6-9)14-12(16)11-7-10(13(17)18)15-19-11/h8-9,11H,2-7H2,1H3,(H,14,16)(H,17,18). The van der Waals surface area contributed by atoms with Gasteiger partial charge in [-0.1, -0.05) is 24.4 Å². The lowest BCUT2D eigenvalue weighted by atomic mass is 9.84. The van der Waals surface area contributed by atoms with Gasteiger partial charge >= 0.3 is 5.97 Å². The van der Waals surface area contributed by atoms with Crippen LogP contribution in [0.25, 0.3) is 0 Å². The van der Waals surface area contributed by atoms with Gasteiger partial charge in [0.15, 0.2) is 5.71 Å². The van der Waals surface area contributed by atoms with E-state index in [0.29, 0.717) is 5.92 Å². The molecular formula is C13H20N2O4. The van der Waals surface area contributed by atoms with E-state index in [2.05, 4.69) is 10.5 Å². The molecule has 1 aliphatic heterocycles. The quantitative estimate of drug-likeness (QED) is 0.804. The van der Waals surface area contributed by atoms with Gasteiger partial charge in [-0.2, -0.15) is 0 Å². The van der Waals surface area contributed by atoms with Crippen molar-refractivity contribution in [3.05, 3.63) is 0 Å². The van der Waals surface area contributed by atoms with Crippen molar-refractivity contribution in [3.8, 4) is 0 Å². The molecule has 6 nitrogen and oxygen atoms in total. The number of carboxylic acid groups (broad SMARTS) is 1. The first-order valence-corrected chi connectivity index (χ1v) is 6.84. The lowest BCUT2D eigenvalue weighted by Crippen LogP contribution is -2.44.